The van der Waals surface area contributed by atoms with Gasteiger partial charge in [-0.2, -0.15) is 0 Å². The molecule has 0 saturated carbocycles. The summed E-state index contributed by atoms with van der Waals surface area (Å²) < 4.78 is 7.46. The fraction of sp³-hybridized carbons (Fsp3) is 0. The second-order valence-corrected chi connectivity index (χ2v) is 15.8. The van der Waals surface area contributed by atoms with Gasteiger partial charge in [-0.25, -0.2) is 0 Å². The third-order valence-corrected chi connectivity index (χ3v) is 12.8. The van der Waals surface area contributed by atoms with E-state index in [2.05, 4.69) is 203 Å². The summed E-state index contributed by atoms with van der Waals surface area (Å²) in [6, 6.07) is 70.8. The summed E-state index contributed by atoms with van der Waals surface area (Å²) in [7, 11) is 0. The number of aromatic nitrogens is 3. The van der Waals surface area contributed by atoms with Crippen molar-refractivity contribution in [3.05, 3.63) is 200 Å². The van der Waals surface area contributed by atoms with E-state index < -0.39 is 0 Å². The lowest BCUT2D eigenvalue weighted by Crippen LogP contribution is -2.08. The molecule has 3 nitrogen and oxygen atoms in total. The number of fused-ring (bicyclic) bond motifs is 13. The van der Waals surface area contributed by atoms with Crippen LogP contribution in [-0.4, -0.2) is 14.1 Å². The van der Waals surface area contributed by atoms with Crippen LogP contribution in [0, 0.1) is 0 Å². The van der Waals surface area contributed by atoms with Crippen LogP contribution in [0.2, 0.25) is 0 Å². The van der Waals surface area contributed by atoms with E-state index in [0.29, 0.717) is 0 Å². The third-order valence-electron chi connectivity index (χ3n) is 11.6. The van der Waals surface area contributed by atoms with Crippen LogP contribution < -0.4 is 0 Å². The Labute approximate surface area is 332 Å². The van der Waals surface area contributed by atoms with Crippen molar-refractivity contribution < 1.29 is 0 Å². The number of hydrogen-bond donors (Lipinski definition) is 0. The number of hydrogen-bond acceptors (Lipinski definition) is 2. The number of para-hydroxylation sites is 4. The van der Waals surface area contributed by atoms with Gasteiger partial charge in [0.2, 0.25) is 0 Å². The molecular formula is C53H33N3S. The van der Waals surface area contributed by atoms with Gasteiger partial charge < -0.3 is 9.13 Å². The molecule has 0 saturated heterocycles. The Kier molecular flexibility index (Phi) is 7.10. The molecule has 0 radical (unpaired) electrons. The lowest BCUT2D eigenvalue weighted by atomic mass is 9.93. The van der Waals surface area contributed by atoms with Crippen LogP contribution in [0.4, 0.5) is 0 Å². The highest BCUT2D eigenvalue weighted by molar-refractivity contribution is 7.26. The fourth-order valence-electron chi connectivity index (χ4n) is 9.10. The van der Waals surface area contributed by atoms with Crippen molar-refractivity contribution in [2.45, 2.75) is 0 Å². The average molecular weight is 744 g/mol. The first kappa shape index (κ1) is 32.0. The maximum Gasteiger partial charge on any atom is 0.0787 e. The van der Waals surface area contributed by atoms with E-state index in [1.54, 1.807) is 0 Å². The molecule has 0 N–H and O–H groups in total. The summed E-state index contributed by atoms with van der Waals surface area (Å²) >= 11 is 1.88. The van der Waals surface area contributed by atoms with E-state index >= 15 is 0 Å². The number of pyridine rings is 1. The van der Waals surface area contributed by atoms with Gasteiger partial charge in [0.1, 0.15) is 0 Å². The van der Waals surface area contributed by atoms with E-state index in [1.165, 1.54) is 52.8 Å². The predicted molar refractivity (Wildman–Crippen MR) is 244 cm³/mol. The van der Waals surface area contributed by atoms with Crippen molar-refractivity contribution in [1.82, 2.24) is 14.1 Å². The molecule has 266 valence electrons. The van der Waals surface area contributed by atoms with Gasteiger partial charge in [-0.1, -0.05) is 127 Å². The summed E-state index contributed by atoms with van der Waals surface area (Å²) in [5, 5.41) is 10.8. The number of nitrogens with zero attached hydrogens (tertiary/aromatic N) is 3. The van der Waals surface area contributed by atoms with Crippen LogP contribution in [0.15, 0.2) is 200 Å². The van der Waals surface area contributed by atoms with Crippen LogP contribution in [-0.2, 0) is 0 Å². The van der Waals surface area contributed by atoms with Gasteiger partial charge in [-0.3, -0.25) is 4.98 Å². The molecule has 0 atom stereocenters. The molecular weight excluding hydrogens is 711 g/mol. The zero-order valence-corrected chi connectivity index (χ0v) is 31.6. The summed E-state index contributed by atoms with van der Waals surface area (Å²) in [5.74, 6) is 0. The largest absolute Gasteiger partial charge is 0.306 e. The van der Waals surface area contributed by atoms with Crippen molar-refractivity contribution in [1.29, 1.82) is 0 Å². The topological polar surface area (TPSA) is 22.8 Å². The van der Waals surface area contributed by atoms with E-state index in [1.807, 2.05) is 17.5 Å². The van der Waals surface area contributed by atoms with Crippen molar-refractivity contribution in [2.24, 2.45) is 0 Å². The fourth-order valence-corrected chi connectivity index (χ4v) is 10.3. The van der Waals surface area contributed by atoms with Gasteiger partial charge >= 0.3 is 0 Å². The molecule has 0 unspecified atom stereocenters. The Morgan fingerprint density at radius 2 is 0.895 bits per heavy atom. The van der Waals surface area contributed by atoms with Crippen molar-refractivity contribution in [2.75, 3.05) is 0 Å². The highest BCUT2D eigenvalue weighted by Gasteiger charge is 2.18. The molecule has 0 aliphatic rings. The van der Waals surface area contributed by atoms with E-state index in [4.69, 9.17) is 4.98 Å². The predicted octanol–water partition coefficient (Wildman–Crippen LogP) is 14.7. The van der Waals surface area contributed by atoms with Gasteiger partial charge in [0.25, 0.3) is 0 Å². The van der Waals surface area contributed by atoms with E-state index in [-0.39, 0.29) is 0 Å². The second-order valence-electron chi connectivity index (χ2n) is 14.7. The molecule has 57 heavy (non-hydrogen) atoms. The minimum Gasteiger partial charge on any atom is -0.306 e. The summed E-state index contributed by atoms with van der Waals surface area (Å²) in [6.45, 7) is 0. The zero-order valence-electron chi connectivity index (χ0n) is 30.8. The monoisotopic (exact) mass is 743 g/mol. The van der Waals surface area contributed by atoms with Crippen molar-refractivity contribution in [3.8, 4) is 22.5 Å². The highest BCUT2D eigenvalue weighted by Crippen LogP contribution is 2.43. The minimum absolute atomic E-state index is 0.976. The SMILES string of the molecule is c1ccc(-n2c3ccccc3n(-c3ccccc3)c3cc4c(cc32)c2ccccc2c2cc(-c3cccc5c3sc3ccccc35)ccc2c2cccnc24)cc1. The molecule has 0 aliphatic carbocycles. The van der Waals surface area contributed by atoms with Gasteiger partial charge in [-0.05, 0) is 105 Å². The smallest absolute Gasteiger partial charge is 0.0787 e. The van der Waals surface area contributed by atoms with Crippen molar-refractivity contribution in [3.63, 3.8) is 0 Å². The van der Waals surface area contributed by atoms with Crippen LogP contribution in [0.25, 0.3) is 108 Å². The Morgan fingerprint density at radius 3 is 1.60 bits per heavy atom. The van der Waals surface area contributed by atoms with Crippen LogP contribution in [0.1, 0.15) is 0 Å². The number of rotatable bonds is 3. The quantitative estimate of drug-likeness (QED) is 0.165. The Bertz CT molecular complexity index is 3630. The molecule has 3 heterocycles. The lowest BCUT2D eigenvalue weighted by molar-refractivity contribution is 1.09. The first-order valence-electron chi connectivity index (χ1n) is 19.4. The molecule has 12 aromatic rings. The normalized spacial score (nSPS) is 11.9. The van der Waals surface area contributed by atoms with Crippen LogP contribution in [0.5, 0.6) is 0 Å². The van der Waals surface area contributed by atoms with Gasteiger partial charge in [0.05, 0.1) is 27.6 Å². The lowest BCUT2D eigenvalue weighted by Gasteiger charge is -2.23. The van der Waals surface area contributed by atoms with E-state index in [9.17, 15) is 0 Å². The van der Waals surface area contributed by atoms with Crippen LogP contribution >= 0.6 is 11.3 Å². The summed E-state index contributed by atoms with van der Waals surface area (Å²) in [6.07, 6.45) is 1.94. The number of benzene rings is 8. The highest BCUT2D eigenvalue weighted by atomic mass is 32.1. The molecule has 9 aromatic carbocycles. The summed E-state index contributed by atoms with van der Waals surface area (Å²) in [4.78, 5) is 5.22. The standard InChI is InChI=1S/C53H33N3S/c1-3-15-35(16-4-1)55-47-25-10-11-26-48(47)56(36-17-5-2-6-18-36)50-33-46-45(32-49(50)55)39-20-8-7-19-38(39)44-31-34(28-29-40(44)42-24-14-30-54-52(42)46)37-22-13-23-43-41-21-9-12-27-51(41)57-53(37)43/h1-33H. The molecule has 3 aromatic heterocycles. The molecule has 0 bridgehead atoms. The summed E-state index contributed by atoms with van der Waals surface area (Å²) in [5.41, 5.74) is 10.1. The first-order chi connectivity index (χ1) is 28.3. The molecule has 4 heteroatoms. The molecule has 0 amide bonds. The Balaban J connectivity index is 1.28. The van der Waals surface area contributed by atoms with Gasteiger partial charge in [0, 0.05) is 48.5 Å². The van der Waals surface area contributed by atoms with Crippen LogP contribution in [0.3, 0.4) is 0 Å². The Hall–Kier alpha value is -7.27. The Morgan fingerprint density at radius 1 is 0.351 bits per heavy atom. The molecule has 0 fully saturated rings. The van der Waals surface area contributed by atoms with Gasteiger partial charge in [-0.15, -0.1) is 11.3 Å². The second kappa shape index (κ2) is 12.6. The molecule has 0 spiro atoms. The number of thiophene rings is 1. The molecule has 0 aliphatic heterocycles. The maximum atomic E-state index is 5.22. The average Bonchev–Trinajstić information content (AvgIpc) is 3.67. The van der Waals surface area contributed by atoms with Crippen molar-refractivity contribution >= 4 is 96.8 Å². The third kappa shape index (κ3) is 4.88. The maximum absolute atomic E-state index is 5.22. The van der Waals surface area contributed by atoms with E-state index in [0.717, 1.165) is 55.1 Å². The molecule has 12 rings (SSSR count). The minimum atomic E-state index is 0.976. The van der Waals surface area contributed by atoms with Gasteiger partial charge in [0.15, 0.2) is 0 Å². The zero-order chi connectivity index (χ0) is 37.5. The first-order valence-corrected chi connectivity index (χ1v) is 20.2.